The van der Waals surface area contributed by atoms with Crippen LogP contribution in [0.4, 0.5) is 0 Å². The Hall–Kier alpha value is -0.300. The van der Waals surface area contributed by atoms with Crippen LogP contribution >= 0.6 is 0 Å². The Bertz CT molecular complexity index is 777. The molecule has 5 aliphatic carbocycles. The number of allylic oxidation sites excluding steroid dienone is 2. The highest BCUT2D eigenvalue weighted by Gasteiger charge is 2.68. The van der Waals surface area contributed by atoms with E-state index in [0.29, 0.717) is 28.1 Å². The highest BCUT2D eigenvalue weighted by Crippen LogP contribution is 2.76. The summed E-state index contributed by atoms with van der Waals surface area (Å²) >= 11 is 0. The molecular weight excluding hydrogens is 376 g/mol. The second-order valence-electron chi connectivity index (χ2n) is 14.8. The first-order valence-corrected chi connectivity index (χ1v) is 13.7. The zero-order valence-corrected chi connectivity index (χ0v) is 21.9. The summed E-state index contributed by atoms with van der Waals surface area (Å²) < 4.78 is 0. The standard InChI is InChI=1S/C30H50O/c1-19(2)20-10-11-24-27(20,5)16-17-29(7)22-18-23(31)25-26(3,4)13-9-14-28(25,6)21(22)12-15-30(24,29)8/h12,19-20,22-25,31H,9-11,13-18H2,1-8H3/t20-,22+,23-,24-,25+,27-,28-,29-,30+/m1/s1. The van der Waals surface area contributed by atoms with Gasteiger partial charge in [-0.15, -0.1) is 0 Å². The maximum absolute atomic E-state index is 11.7. The second kappa shape index (κ2) is 6.64. The third-order valence-corrected chi connectivity index (χ3v) is 12.9. The van der Waals surface area contributed by atoms with Crippen molar-refractivity contribution in [2.75, 3.05) is 0 Å². The molecule has 5 aliphatic rings. The number of aliphatic hydroxyl groups is 1. The Kier molecular flexibility index (Phi) is 4.82. The monoisotopic (exact) mass is 426 g/mol. The molecule has 0 bridgehead atoms. The first-order chi connectivity index (χ1) is 14.3. The van der Waals surface area contributed by atoms with Crippen molar-refractivity contribution in [3.63, 3.8) is 0 Å². The Morgan fingerprint density at radius 2 is 1.61 bits per heavy atom. The van der Waals surface area contributed by atoms with Gasteiger partial charge in [-0.1, -0.05) is 73.5 Å². The van der Waals surface area contributed by atoms with E-state index in [-0.39, 0.29) is 16.9 Å². The Morgan fingerprint density at radius 3 is 2.29 bits per heavy atom. The van der Waals surface area contributed by atoms with Crippen LogP contribution in [0, 0.1) is 56.7 Å². The number of rotatable bonds is 1. The van der Waals surface area contributed by atoms with E-state index in [4.69, 9.17) is 0 Å². The minimum Gasteiger partial charge on any atom is -0.393 e. The zero-order valence-electron chi connectivity index (χ0n) is 21.9. The lowest BCUT2D eigenvalue weighted by molar-refractivity contribution is -0.176. The van der Waals surface area contributed by atoms with E-state index < -0.39 is 0 Å². The predicted molar refractivity (Wildman–Crippen MR) is 131 cm³/mol. The van der Waals surface area contributed by atoms with Crippen molar-refractivity contribution in [2.24, 2.45) is 56.7 Å². The summed E-state index contributed by atoms with van der Waals surface area (Å²) in [4.78, 5) is 0. The number of aliphatic hydroxyl groups excluding tert-OH is 1. The molecule has 1 N–H and O–H groups in total. The first-order valence-electron chi connectivity index (χ1n) is 13.7. The van der Waals surface area contributed by atoms with Crippen LogP contribution in [0.15, 0.2) is 11.6 Å². The van der Waals surface area contributed by atoms with E-state index in [2.05, 4.69) is 61.5 Å². The number of fused-ring (bicyclic) bond motifs is 7. The molecule has 0 saturated heterocycles. The Labute approximate surface area is 192 Å². The van der Waals surface area contributed by atoms with Gasteiger partial charge in [0.1, 0.15) is 0 Å². The van der Waals surface area contributed by atoms with Gasteiger partial charge in [0.05, 0.1) is 6.10 Å². The molecule has 0 aromatic carbocycles. The summed E-state index contributed by atoms with van der Waals surface area (Å²) in [6.07, 6.45) is 14.4. The van der Waals surface area contributed by atoms with Gasteiger partial charge in [-0.05, 0) is 108 Å². The van der Waals surface area contributed by atoms with Crippen LogP contribution in [0.2, 0.25) is 0 Å². The minimum absolute atomic E-state index is 0.137. The maximum Gasteiger partial charge on any atom is 0.0587 e. The molecule has 0 amide bonds. The van der Waals surface area contributed by atoms with Gasteiger partial charge in [0.15, 0.2) is 0 Å². The van der Waals surface area contributed by atoms with Crippen LogP contribution in [0.3, 0.4) is 0 Å². The van der Waals surface area contributed by atoms with E-state index in [0.717, 1.165) is 24.2 Å². The lowest BCUT2D eigenvalue weighted by Gasteiger charge is -2.69. The van der Waals surface area contributed by atoms with Crippen LogP contribution < -0.4 is 0 Å². The van der Waals surface area contributed by atoms with E-state index in [1.165, 1.54) is 51.4 Å². The van der Waals surface area contributed by atoms with E-state index in [1.807, 2.05) is 0 Å². The van der Waals surface area contributed by atoms with E-state index in [9.17, 15) is 5.11 Å². The van der Waals surface area contributed by atoms with Crippen LogP contribution in [0.1, 0.15) is 113 Å². The van der Waals surface area contributed by atoms with Crippen molar-refractivity contribution < 1.29 is 5.11 Å². The summed E-state index contributed by atoms with van der Waals surface area (Å²) in [6, 6.07) is 0. The lowest BCUT2D eigenvalue weighted by atomic mass is 9.35. The van der Waals surface area contributed by atoms with Crippen molar-refractivity contribution in [1.82, 2.24) is 0 Å². The van der Waals surface area contributed by atoms with Gasteiger partial charge in [-0.2, -0.15) is 0 Å². The average molecular weight is 427 g/mol. The highest BCUT2D eigenvalue weighted by atomic mass is 16.3. The van der Waals surface area contributed by atoms with Gasteiger partial charge >= 0.3 is 0 Å². The molecule has 31 heavy (non-hydrogen) atoms. The topological polar surface area (TPSA) is 20.2 Å². The Morgan fingerprint density at radius 1 is 0.903 bits per heavy atom. The second-order valence-corrected chi connectivity index (χ2v) is 14.8. The fourth-order valence-corrected chi connectivity index (χ4v) is 11.5. The molecule has 1 nitrogen and oxygen atoms in total. The molecule has 0 aromatic heterocycles. The van der Waals surface area contributed by atoms with Gasteiger partial charge in [0, 0.05) is 0 Å². The fraction of sp³-hybridized carbons (Fsp3) is 0.933. The molecule has 1 heteroatoms. The van der Waals surface area contributed by atoms with E-state index in [1.54, 1.807) is 5.57 Å². The van der Waals surface area contributed by atoms with Crippen molar-refractivity contribution >= 4 is 0 Å². The molecule has 0 unspecified atom stereocenters. The number of hydrogen-bond acceptors (Lipinski definition) is 1. The molecule has 4 saturated carbocycles. The van der Waals surface area contributed by atoms with Gasteiger partial charge in [-0.25, -0.2) is 0 Å². The smallest absolute Gasteiger partial charge is 0.0587 e. The highest BCUT2D eigenvalue weighted by molar-refractivity contribution is 5.33. The SMILES string of the molecule is CC(C)[C@H]1CC[C@@H]2[C@]1(C)CC[C@]1(C)[C@H]3C[C@@H](O)[C@H]4C(C)(C)CCC[C@]4(C)C3=CC[C@@]21C. The summed E-state index contributed by atoms with van der Waals surface area (Å²) in [6.45, 7) is 20.4. The summed E-state index contributed by atoms with van der Waals surface area (Å²) in [5.74, 6) is 3.55. The first kappa shape index (κ1) is 22.5. The molecule has 0 heterocycles. The quantitative estimate of drug-likeness (QED) is 0.421. The molecule has 5 rings (SSSR count). The van der Waals surface area contributed by atoms with Crippen LogP contribution in [0.5, 0.6) is 0 Å². The lowest BCUT2D eigenvalue weighted by Crippen LogP contribution is -2.63. The normalized spacial score (nSPS) is 55.7. The van der Waals surface area contributed by atoms with Crippen LogP contribution in [0.25, 0.3) is 0 Å². The summed E-state index contributed by atoms with van der Waals surface area (Å²) in [7, 11) is 0. The van der Waals surface area contributed by atoms with Crippen LogP contribution in [-0.4, -0.2) is 11.2 Å². The molecule has 9 atom stereocenters. The molecule has 0 radical (unpaired) electrons. The fourth-order valence-electron chi connectivity index (χ4n) is 11.5. The zero-order chi connectivity index (χ0) is 22.6. The van der Waals surface area contributed by atoms with Gasteiger partial charge in [0.25, 0.3) is 0 Å². The molecule has 0 spiro atoms. The third kappa shape index (κ3) is 2.65. The predicted octanol–water partition coefficient (Wildman–Crippen LogP) is 8.02. The van der Waals surface area contributed by atoms with Crippen molar-refractivity contribution in [2.45, 2.75) is 119 Å². The van der Waals surface area contributed by atoms with Crippen molar-refractivity contribution in [1.29, 1.82) is 0 Å². The van der Waals surface area contributed by atoms with Gasteiger partial charge in [-0.3, -0.25) is 0 Å². The van der Waals surface area contributed by atoms with Gasteiger partial charge in [0.2, 0.25) is 0 Å². The number of hydrogen-bond donors (Lipinski definition) is 1. The summed E-state index contributed by atoms with van der Waals surface area (Å²) in [5.41, 5.74) is 3.46. The third-order valence-electron chi connectivity index (χ3n) is 12.9. The largest absolute Gasteiger partial charge is 0.393 e. The summed E-state index contributed by atoms with van der Waals surface area (Å²) in [5, 5.41) is 11.7. The molecule has 0 aromatic rings. The molecule has 4 fully saturated rings. The molecular formula is C30H50O. The molecule has 0 aliphatic heterocycles. The minimum atomic E-state index is -0.137. The van der Waals surface area contributed by atoms with Crippen LogP contribution in [-0.2, 0) is 0 Å². The molecule has 176 valence electrons. The maximum atomic E-state index is 11.7. The van der Waals surface area contributed by atoms with Crippen molar-refractivity contribution in [3.05, 3.63) is 11.6 Å². The van der Waals surface area contributed by atoms with Gasteiger partial charge < -0.3 is 5.11 Å². The van der Waals surface area contributed by atoms with Crippen molar-refractivity contribution in [3.8, 4) is 0 Å². The average Bonchev–Trinajstić information content (AvgIpc) is 3.01. The Balaban J connectivity index is 1.58. The van der Waals surface area contributed by atoms with E-state index >= 15 is 0 Å².